The minimum atomic E-state index is -0.103. The average Bonchev–Trinajstić information content (AvgIpc) is 3.00. The fourth-order valence-electron chi connectivity index (χ4n) is 2.30. The third-order valence-electron chi connectivity index (χ3n) is 3.49. The summed E-state index contributed by atoms with van der Waals surface area (Å²) >= 11 is 1.66. The van der Waals surface area contributed by atoms with Crippen molar-refractivity contribution in [3.05, 3.63) is 62.6 Å². The molecule has 112 valence electrons. The van der Waals surface area contributed by atoms with E-state index >= 15 is 0 Å². The topological polar surface area (TPSA) is 62.0 Å². The molecule has 1 aromatic carbocycles. The number of hydrogen-bond donors (Lipinski definition) is 2. The number of anilines is 1. The van der Waals surface area contributed by atoms with Crippen LogP contribution in [0.2, 0.25) is 0 Å². The van der Waals surface area contributed by atoms with Gasteiger partial charge < -0.3 is 10.3 Å². The fourth-order valence-corrected chi connectivity index (χ4v) is 3.01. The summed E-state index contributed by atoms with van der Waals surface area (Å²) in [5.41, 5.74) is 2.00. The second-order valence-corrected chi connectivity index (χ2v) is 6.24. The van der Waals surface area contributed by atoms with Gasteiger partial charge in [-0.15, -0.1) is 11.3 Å². The maximum absolute atomic E-state index is 12.0. The van der Waals surface area contributed by atoms with Crippen LogP contribution in [0, 0.1) is 6.92 Å². The van der Waals surface area contributed by atoms with Gasteiger partial charge in [0, 0.05) is 22.5 Å². The first kappa shape index (κ1) is 14.5. The molecule has 2 heterocycles. The summed E-state index contributed by atoms with van der Waals surface area (Å²) in [6.45, 7) is 1.78. The molecular formula is C17H16N2O2S. The Morgan fingerprint density at radius 2 is 2.14 bits per heavy atom. The highest BCUT2D eigenvalue weighted by molar-refractivity contribution is 7.09. The minimum absolute atomic E-state index is 0.0257. The maximum Gasteiger partial charge on any atom is 0.251 e. The molecule has 3 aromatic rings. The van der Waals surface area contributed by atoms with Crippen molar-refractivity contribution in [3.8, 4) is 0 Å². The van der Waals surface area contributed by atoms with Crippen molar-refractivity contribution >= 4 is 33.8 Å². The quantitative estimate of drug-likeness (QED) is 0.775. The molecular weight excluding hydrogens is 296 g/mol. The number of hydrogen-bond acceptors (Lipinski definition) is 3. The lowest BCUT2D eigenvalue weighted by Crippen LogP contribution is -2.13. The second-order valence-electron chi connectivity index (χ2n) is 5.21. The van der Waals surface area contributed by atoms with Gasteiger partial charge in [0.2, 0.25) is 5.91 Å². The Kier molecular flexibility index (Phi) is 4.06. The summed E-state index contributed by atoms with van der Waals surface area (Å²) in [5, 5.41) is 5.84. The maximum atomic E-state index is 12.0. The summed E-state index contributed by atoms with van der Waals surface area (Å²) in [5.74, 6) is -0.0257. The highest BCUT2D eigenvalue weighted by Crippen LogP contribution is 2.18. The molecule has 0 fully saturated rings. The van der Waals surface area contributed by atoms with Crippen molar-refractivity contribution in [1.29, 1.82) is 0 Å². The normalized spacial score (nSPS) is 10.8. The molecule has 1 amide bonds. The lowest BCUT2D eigenvalue weighted by Gasteiger charge is -2.06. The molecule has 0 radical (unpaired) electrons. The Balaban J connectivity index is 1.72. The molecule has 0 spiro atoms. The number of aryl methyl sites for hydroxylation is 2. The molecule has 22 heavy (non-hydrogen) atoms. The number of pyridine rings is 1. The summed E-state index contributed by atoms with van der Waals surface area (Å²) in [7, 11) is 0. The first-order valence-electron chi connectivity index (χ1n) is 7.08. The van der Waals surface area contributed by atoms with Gasteiger partial charge in [-0.05, 0) is 48.4 Å². The number of carbonyl (C=O) groups is 1. The molecule has 5 heteroatoms. The van der Waals surface area contributed by atoms with E-state index < -0.39 is 0 Å². The van der Waals surface area contributed by atoms with E-state index in [1.165, 1.54) is 4.88 Å². The van der Waals surface area contributed by atoms with Crippen molar-refractivity contribution in [2.75, 3.05) is 5.32 Å². The van der Waals surface area contributed by atoms with Crippen LogP contribution in [-0.4, -0.2) is 10.9 Å². The van der Waals surface area contributed by atoms with Gasteiger partial charge in [0.1, 0.15) is 0 Å². The van der Waals surface area contributed by atoms with Crippen LogP contribution in [0.3, 0.4) is 0 Å². The largest absolute Gasteiger partial charge is 0.326 e. The Morgan fingerprint density at radius 3 is 2.91 bits per heavy atom. The molecule has 4 nitrogen and oxygen atoms in total. The van der Waals surface area contributed by atoms with Crippen LogP contribution < -0.4 is 10.9 Å². The molecule has 2 aromatic heterocycles. The van der Waals surface area contributed by atoms with Crippen LogP contribution in [0.25, 0.3) is 10.9 Å². The van der Waals surface area contributed by atoms with Crippen molar-refractivity contribution in [3.63, 3.8) is 0 Å². The number of aromatic nitrogens is 1. The molecule has 0 bridgehead atoms. The molecule has 0 saturated heterocycles. The number of amides is 1. The third-order valence-corrected chi connectivity index (χ3v) is 4.43. The molecule has 0 aliphatic rings. The first-order chi connectivity index (χ1) is 10.6. The van der Waals surface area contributed by atoms with Crippen molar-refractivity contribution < 1.29 is 4.79 Å². The smallest absolute Gasteiger partial charge is 0.251 e. The van der Waals surface area contributed by atoms with Crippen molar-refractivity contribution in [2.24, 2.45) is 0 Å². The Hall–Kier alpha value is -2.40. The van der Waals surface area contributed by atoms with Crippen LogP contribution in [-0.2, 0) is 11.2 Å². The Morgan fingerprint density at radius 1 is 1.27 bits per heavy atom. The van der Waals surface area contributed by atoms with Crippen LogP contribution in [0.1, 0.15) is 16.9 Å². The molecule has 0 saturated carbocycles. The van der Waals surface area contributed by atoms with E-state index in [1.807, 2.05) is 35.7 Å². The number of rotatable bonds is 4. The van der Waals surface area contributed by atoms with Gasteiger partial charge in [-0.25, -0.2) is 0 Å². The molecule has 0 unspecified atom stereocenters. The number of carbonyl (C=O) groups excluding carboxylic acids is 1. The minimum Gasteiger partial charge on any atom is -0.326 e. The van der Waals surface area contributed by atoms with Gasteiger partial charge in [-0.1, -0.05) is 12.1 Å². The zero-order valence-electron chi connectivity index (χ0n) is 12.2. The van der Waals surface area contributed by atoms with Crippen molar-refractivity contribution in [2.45, 2.75) is 19.8 Å². The van der Waals surface area contributed by atoms with E-state index in [0.29, 0.717) is 17.7 Å². The number of nitrogens with one attached hydrogen (secondary N) is 2. The third kappa shape index (κ3) is 3.26. The second kappa shape index (κ2) is 6.15. The fraction of sp³-hybridized carbons (Fsp3) is 0.176. The predicted molar refractivity (Wildman–Crippen MR) is 90.6 cm³/mol. The zero-order valence-corrected chi connectivity index (χ0v) is 13.0. The average molecular weight is 312 g/mol. The highest BCUT2D eigenvalue weighted by atomic mass is 32.1. The standard InChI is InChI=1S/C17H16N2O2S/c1-11-9-12-4-5-13(10-15(12)19-17(11)21)18-16(20)7-6-14-3-2-8-22-14/h2-5,8-10H,6-7H2,1H3,(H,18,20)(H,19,21). The number of thiophene rings is 1. The molecule has 0 atom stereocenters. The molecule has 0 aliphatic carbocycles. The summed E-state index contributed by atoms with van der Waals surface area (Å²) in [6.07, 6.45) is 1.19. The van der Waals surface area contributed by atoms with Gasteiger partial charge in [0.25, 0.3) is 5.56 Å². The van der Waals surface area contributed by atoms with Gasteiger partial charge in [-0.2, -0.15) is 0 Å². The summed E-state index contributed by atoms with van der Waals surface area (Å²) in [4.78, 5) is 27.7. The van der Waals surface area contributed by atoms with E-state index in [2.05, 4.69) is 10.3 Å². The van der Waals surface area contributed by atoms with Crippen LogP contribution in [0.5, 0.6) is 0 Å². The summed E-state index contributed by atoms with van der Waals surface area (Å²) in [6, 6.07) is 11.4. The van der Waals surface area contributed by atoms with E-state index in [4.69, 9.17) is 0 Å². The summed E-state index contributed by atoms with van der Waals surface area (Å²) < 4.78 is 0. The van der Waals surface area contributed by atoms with Crippen LogP contribution >= 0.6 is 11.3 Å². The number of aromatic amines is 1. The predicted octanol–water partition coefficient (Wildman–Crippen LogP) is 3.47. The van der Waals surface area contributed by atoms with Crippen LogP contribution in [0.15, 0.2) is 46.6 Å². The highest BCUT2D eigenvalue weighted by Gasteiger charge is 2.05. The van der Waals surface area contributed by atoms with Gasteiger partial charge in [0.05, 0.1) is 5.52 Å². The SMILES string of the molecule is Cc1cc2ccc(NC(=O)CCc3cccs3)cc2[nH]c1=O. The van der Waals surface area contributed by atoms with Gasteiger partial charge in [-0.3, -0.25) is 9.59 Å². The van der Waals surface area contributed by atoms with E-state index in [9.17, 15) is 9.59 Å². The van der Waals surface area contributed by atoms with E-state index in [-0.39, 0.29) is 11.5 Å². The Labute approximate surface area is 131 Å². The molecule has 0 aliphatic heterocycles. The monoisotopic (exact) mass is 312 g/mol. The number of fused-ring (bicyclic) bond motifs is 1. The lowest BCUT2D eigenvalue weighted by molar-refractivity contribution is -0.116. The Bertz CT molecular complexity index is 866. The van der Waals surface area contributed by atoms with Gasteiger partial charge in [0.15, 0.2) is 0 Å². The lowest BCUT2D eigenvalue weighted by atomic mass is 10.1. The number of H-pyrrole nitrogens is 1. The molecule has 2 N–H and O–H groups in total. The van der Waals surface area contributed by atoms with Crippen LogP contribution in [0.4, 0.5) is 5.69 Å². The molecule has 3 rings (SSSR count). The first-order valence-corrected chi connectivity index (χ1v) is 7.96. The van der Waals surface area contributed by atoms with Crippen molar-refractivity contribution in [1.82, 2.24) is 4.98 Å². The number of benzene rings is 1. The van der Waals surface area contributed by atoms with E-state index in [1.54, 1.807) is 24.3 Å². The van der Waals surface area contributed by atoms with Gasteiger partial charge >= 0.3 is 0 Å². The van der Waals surface area contributed by atoms with E-state index in [0.717, 1.165) is 17.3 Å². The zero-order chi connectivity index (χ0) is 15.5.